The Kier molecular flexibility index (Phi) is 6.80. The van der Waals surface area contributed by atoms with Crippen molar-refractivity contribution in [3.05, 3.63) is 47.8 Å². The summed E-state index contributed by atoms with van der Waals surface area (Å²) in [5.41, 5.74) is 1.54. The summed E-state index contributed by atoms with van der Waals surface area (Å²) < 4.78 is 30.0. The molecule has 2 aromatic carbocycles. The molecule has 0 N–H and O–H groups in total. The van der Waals surface area contributed by atoms with Crippen molar-refractivity contribution in [1.29, 1.82) is 0 Å². The molecule has 0 unspecified atom stereocenters. The van der Waals surface area contributed by atoms with Crippen molar-refractivity contribution >= 4 is 11.6 Å². The molecule has 29 heavy (non-hydrogen) atoms. The lowest BCUT2D eigenvalue weighted by atomic mass is 10.1. The van der Waals surface area contributed by atoms with Crippen molar-refractivity contribution in [3.8, 4) is 17.2 Å². The molecule has 1 aliphatic heterocycles. The predicted molar refractivity (Wildman–Crippen MR) is 110 cm³/mol. The highest BCUT2D eigenvalue weighted by Crippen LogP contribution is 2.38. The third kappa shape index (κ3) is 4.72. The van der Waals surface area contributed by atoms with Crippen molar-refractivity contribution in [2.75, 3.05) is 52.4 Å². The number of ether oxygens (including phenoxy) is 3. The van der Waals surface area contributed by atoms with Gasteiger partial charge in [-0.05, 0) is 36.2 Å². The number of nitrogens with zero attached hydrogens (tertiary/aromatic N) is 2. The van der Waals surface area contributed by atoms with Crippen LogP contribution in [0.25, 0.3) is 0 Å². The van der Waals surface area contributed by atoms with Crippen molar-refractivity contribution in [3.63, 3.8) is 0 Å². The third-order valence-corrected chi connectivity index (χ3v) is 5.18. The first-order valence-corrected chi connectivity index (χ1v) is 9.63. The molecule has 7 heteroatoms. The van der Waals surface area contributed by atoms with E-state index >= 15 is 0 Å². The van der Waals surface area contributed by atoms with Crippen molar-refractivity contribution < 1.29 is 23.4 Å². The number of benzene rings is 2. The van der Waals surface area contributed by atoms with Crippen molar-refractivity contribution in [2.45, 2.75) is 12.8 Å². The molecule has 1 saturated heterocycles. The number of hydrogen-bond acceptors (Lipinski definition) is 5. The Bertz CT molecular complexity index is 825. The number of halogens is 1. The van der Waals surface area contributed by atoms with E-state index in [1.807, 2.05) is 28.0 Å². The van der Waals surface area contributed by atoms with E-state index in [2.05, 4.69) is 0 Å². The van der Waals surface area contributed by atoms with Crippen LogP contribution in [0.2, 0.25) is 0 Å². The van der Waals surface area contributed by atoms with Crippen molar-refractivity contribution in [2.24, 2.45) is 0 Å². The molecule has 0 bridgehead atoms. The standard InChI is InChI=1S/C22H27FN2O4/c1-27-19-14-16(15-20(28-2)22(19)29-3)8-9-21(26)25-12-10-24(11-13-25)18-7-5-4-6-17(18)23/h4-7,14-15H,8-13H2,1-3H3. The normalized spacial score (nSPS) is 13.9. The zero-order valence-electron chi connectivity index (χ0n) is 17.1. The van der Waals surface area contributed by atoms with Gasteiger partial charge in [0, 0.05) is 32.6 Å². The average Bonchev–Trinajstić information content (AvgIpc) is 2.77. The number of para-hydroxylation sites is 1. The molecule has 1 fully saturated rings. The first-order valence-electron chi connectivity index (χ1n) is 9.63. The first-order chi connectivity index (χ1) is 14.1. The maximum absolute atomic E-state index is 14.0. The molecule has 2 aromatic rings. The molecule has 0 saturated carbocycles. The van der Waals surface area contributed by atoms with Gasteiger partial charge >= 0.3 is 0 Å². The molecule has 1 amide bonds. The van der Waals surface area contributed by atoms with Gasteiger partial charge in [0.2, 0.25) is 11.7 Å². The zero-order valence-corrected chi connectivity index (χ0v) is 17.1. The Balaban J connectivity index is 1.57. The van der Waals surface area contributed by atoms with E-state index in [-0.39, 0.29) is 11.7 Å². The molecule has 0 aliphatic carbocycles. The Morgan fingerprint density at radius 1 is 0.966 bits per heavy atom. The average molecular weight is 402 g/mol. The monoisotopic (exact) mass is 402 g/mol. The number of anilines is 1. The summed E-state index contributed by atoms with van der Waals surface area (Å²) in [6.45, 7) is 2.42. The van der Waals surface area contributed by atoms with Gasteiger partial charge in [-0.1, -0.05) is 12.1 Å². The molecule has 6 nitrogen and oxygen atoms in total. The summed E-state index contributed by atoms with van der Waals surface area (Å²) in [7, 11) is 4.70. The second-order valence-electron chi connectivity index (χ2n) is 6.85. The zero-order chi connectivity index (χ0) is 20.8. The van der Waals surface area contributed by atoms with Crippen LogP contribution in [0.4, 0.5) is 10.1 Å². The molecule has 1 heterocycles. The van der Waals surface area contributed by atoms with Crippen LogP contribution in [0.5, 0.6) is 17.2 Å². The van der Waals surface area contributed by atoms with E-state index in [0.717, 1.165) is 5.56 Å². The largest absolute Gasteiger partial charge is 0.493 e. The fourth-order valence-electron chi connectivity index (χ4n) is 3.59. The fraction of sp³-hybridized carbons (Fsp3) is 0.409. The summed E-state index contributed by atoms with van der Waals surface area (Å²) in [5.74, 6) is 1.55. The Hall–Kier alpha value is -2.96. The topological polar surface area (TPSA) is 51.2 Å². The van der Waals surface area contributed by atoms with E-state index < -0.39 is 0 Å². The van der Waals surface area contributed by atoms with Gasteiger partial charge in [-0.15, -0.1) is 0 Å². The van der Waals surface area contributed by atoms with E-state index in [1.54, 1.807) is 33.5 Å². The van der Waals surface area contributed by atoms with Gasteiger partial charge in [0.25, 0.3) is 0 Å². The van der Waals surface area contributed by atoms with Crippen LogP contribution < -0.4 is 19.1 Å². The molecule has 0 aromatic heterocycles. The van der Waals surface area contributed by atoms with Crippen LogP contribution in [-0.2, 0) is 11.2 Å². The lowest BCUT2D eigenvalue weighted by molar-refractivity contribution is -0.131. The van der Waals surface area contributed by atoms with Gasteiger partial charge in [0.1, 0.15) is 5.82 Å². The van der Waals surface area contributed by atoms with E-state index in [4.69, 9.17) is 14.2 Å². The SMILES string of the molecule is COc1cc(CCC(=O)N2CCN(c3ccccc3F)CC2)cc(OC)c1OC. The molecule has 156 valence electrons. The molecule has 3 rings (SSSR count). The second-order valence-corrected chi connectivity index (χ2v) is 6.85. The van der Waals surface area contributed by atoms with Gasteiger partial charge in [0.15, 0.2) is 11.5 Å². The molecular weight excluding hydrogens is 375 g/mol. The molecule has 0 radical (unpaired) electrons. The Morgan fingerprint density at radius 2 is 1.59 bits per heavy atom. The summed E-state index contributed by atoms with van der Waals surface area (Å²) in [6.07, 6.45) is 0.960. The minimum atomic E-state index is -0.227. The van der Waals surface area contributed by atoms with E-state index in [0.29, 0.717) is 62.0 Å². The molecule has 1 aliphatic rings. The minimum absolute atomic E-state index is 0.0898. The maximum Gasteiger partial charge on any atom is 0.223 e. The van der Waals surface area contributed by atoms with Crippen LogP contribution in [0, 0.1) is 5.82 Å². The predicted octanol–water partition coefficient (Wildman–Crippen LogP) is 3.13. The summed E-state index contributed by atoms with van der Waals surface area (Å²) in [4.78, 5) is 16.5. The fourth-order valence-corrected chi connectivity index (χ4v) is 3.59. The number of aryl methyl sites for hydroxylation is 1. The maximum atomic E-state index is 14.0. The van der Waals surface area contributed by atoms with Gasteiger partial charge < -0.3 is 24.0 Å². The van der Waals surface area contributed by atoms with Crippen molar-refractivity contribution in [1.82, 2.24) is 4.90 Å². The molecule has 0 atom stereocenters. The third-order valence-electron chi connectivity index (χ3n) is 5.18. The van der Waals surface area contributed by atoms with Gasteiger partial charge in [-0.25, -0.2) is 4.39 Å². The lowest BCUT2D eigenvalue weighted by Crippen LogP contribution is -2.49. The smallest absolute Gasteiger partial charge is 0.223 e. The number of amides is 1. The van der Waals surface area contributed by atoms with E-state index in [1.165, 1.54) is 6.07 Å². The minimum Gasteiger partial charge on any atom is -0.493 e. The highest BCUT2D eigenvalue weighted by molar-refractivity contribution is 5.77. The quantitative estimate of drug-likeness (QED) is 0.712. The number of carbonyl (C=O) groups excluding carboxylic acids is 1. The van der Waals surface area contributed by atoms with E-state index in [9.17, 15) is 9.18 Å². The van der Waals surface area contributed by atoms with Crippen LogP contribution in [0.15, 0.2) is 36.4 Å². The number of rotatable bonds is 7. The number of piperazine rings is 1. The van der Waals surface area contributed by atoms with Gasteiger partial charge in [0.05, 0.1) is 27.0 Å². The second kappa shape index (κ2) is 9.49. The first kappa shape index (κ1) is 20.8. The molecule has 0 spiro atoms. The van der Waals surface area contributed by atoms with Gasteiger partial charge in [-0.3, -0.25) is 4.79 Å². The number of carbonyl (C=O) groups is 1. The highest BCUT2D eigenvalue weighted by atomic mass is 19.1. The number of methoxy groups -OCH3 is 3. The van der Waals surface area contributed by atoms with Crippen LogP contribution >= 0.6 is 0 Å². The number of hydrogen-bond donors (Lipinski definition) is 0. The lowest BCUT2D eigenvalue weighted by Gasteiger charge is -2.36. The Morgan fingerprint density at radius 3 is 2.14 bits per heavy atom. The Labute approximate surface area is 170 Å². The summed E-state index contributed by atoms with van der Waals surface area (Å²) in [6, 6.07) is 10.5. The van der Waals surface area contributed by atoms with Crippen LogP contribution in [-0.4, -0.2) is 58.3 Å². The highest BCUT2D eigenvalue weighted by Gasteiger charge is 2.23. The van der Waals surface area contributed by atoms with Crippen LogP contribution in [0.1, 0.15) is 12.0 Å². The summed E-state index contributed by atoms with van der Waals surface area (Å²) >= 11 is 0. The van der Waals surface area contributed by atoms with Gasteiger partial charge in [-0.2, -0.15) is 0 Å². The summed E-state index contributed by atoms with van der Waals surface area (Å²) in [5, 5.41) is 0. The molecular formula is C22H27FN2O4. The van der Waals surface area contributed by atoms with Crippen LogP contribution in [0.3, 0.4) is 0 Å².